The molecule has 1 heterocycles. The summed E-state index contributed by atoms with van der Waals surface area (Å²) in [6.45, 7) is 4.22. The van der Waals surface area contributed by atoms with Gasteiger partial charge in [0.05, 0.1) is 5.38 Å². The Labute approximate surface area is 100 Å². The summed E-state index contributed by atoms with van der Waals surface area (Å²) in [4.78, 5) is 0. The zero-order valence-corrected chi connectivity index (χ0v) is 10.9. The van der Waals surface area contributed by atoms with Gasteiger partial charge in [0.2, 0.25) is 0 Å². The summed E-state index contributed by atoms with van der Waals surface area (Å²) in [5.41, 5.74) is 0.321. The van der Waals surface area contributed by atoms with Crippen LogP contribution in [0, 0.1) is 0 Å². The number of hydrogen-bond donors (Lipinski definition) is 0. The Morgan fingerprint density at radius 2 is 2.07 bits per heavy atom. The Morgan fingerprint density at radius 3 is 2.53 bits per heavy atom. The predicted molar refractivity (Wildman–Crippen MR) is 64.6 cm³/mol. The van der Waals surface area contributed by atoms with Gasteiger partial charge < -0.3 is 0 Å². The molecule has 0 N–H and O–H groups in total. The fourth-order valence-electron chi connectivity index (χ4n) is 2.38. The van der Waals surface area contributed by atoms with Gasteiger partial charge >= 0.3 is 0 Å². The summed E-state index contributed by atoms with van der Waals surface area (Å²) in [5, 5.41) is 10.7. The highest BCUT2D eigenvalue weighted by Gasteiger charge is 2.37. The topological polar surface area (TPSA) is 25.8 Å². The van der Waals surface area contributed by atoms with Crippen LogP contribution in [0.5, 0.6) is 0 Å². The molecule has 0 aliphatic heterocycles. The van der Waals surface area contributed by atoms with Gasteiger partial charge in [-0.3, -0.25) is 0 Å². The highest BCUT2D eigenvalue weighted by atomic mass is 35.5. The first kappa shape index (κ1) is 11.3. The minimum atomic E-state index is -0.00782. The quantitative estimate of drug-likeness (QED) is 0.750. The third-order valence-electron chi connectivity index (χ3n) is 3.47. The van der Waals surface area contributed by atoms with E-state index in [2.05, 4.69) is 17.1 Å². The second-order valence-electron chi connectivity index (χ2n) is 4.40. The molecule has 0 saturated heterocycles. The average Bonchev–Trinajstić information content (AvgIpc) is 2.87. The summed E-state index contributed by atoms with van der Waals surface area (Å²) >= 11 is 7.73. The van der Waals surface area contributed by atoms with Crippen molar-refractivity contribution in [1.82, 2.24) is 10.2 Å². The van der Waals surface area contributed by atoms with Crippen LogP contribution in [0.4, 0.5) is 0 Å². The lowest BCUT2D eigenvalue weighted by Gasteiger charge is -2.23. The Kier molecular flexibility index (Phi) is 3.31. The third kappa shape index (κ3) is 2.04. The lowest BCUT2D eigenvalue weighted by molar-refractivity contribution is 0.419. The lowest BCUT2D eigenvalue weighted by atomic mass is 9.84. The smallest absolute Gasteiger partial charge is 0.135 e. The molecule has 1 aliphatic rings. The molecule has 0 amide bonds. The highest BCUT2D eigenvalue weighted by Crippen LogP contribution is 2.45. The molecule has 1 fully saturated rings. The van der Waals surface area contributed by atoms with Crippen molar-refractivity contribution in [2.45, 2.75) is 56.7 Å². The molecular weight excluding hydrogens is 228 g/mol. The molecule has 1 unspecified atom stereocenters. The molecule has 1 aromatic rings. The SMILES string of the molecule is CCC1(c2nnc(C(C)Cl)s2)CCCC1. The third-order valence-corrected chi connectivity index (χ3v) is 5.16. The lowest BCUT2D eigenvalue weighted by Crippen LogP contribution is -2.20. The number of aromatic nitrogens is 2. The molecule has 0 bridgehead atoms. The first-order valence-electron chi connectivity index (χ1n) is 5.66. The Hall–Kier alpha value is -0.150. The zero-order valence-electron chi connectivity index (χ0n) is 9.29. The van der Waals surface area contributed by atoms with Crippen LogP contribution in [0.25, 0.3) is 0 Å². The first-order valence-corrected chi connectivity index (χ1v) is 6.91. The van der Waals surface area contributed by atoms with Gasteiger partial charge in [-0.25, -0.2) is 0 Å². The molecule has 0 radical (unpaired) electrons. The second-order valence-corrected chi connectivity index (χ2v) is 6.07. The predicted octanol–water partition coefficient (Wildman–Crippen LogP) is 4.06. The second kappa shape index (κ2) is 4.38. The van der Waals surface area contributed by atoms with Crippen molar-refractivity contribution < 1.29 is 0 Å². The van der Waals surface area contributed by atoms with E-state index in [1.54, 1.807) is 11.3 Å². The molecule has 4 heteroatoms. The maximum atomic E-state index is 6.02. The van der Waals surface area contributed by atoms with E-state index in [4.69, 9.17) is 11.6 Å². The standard InChI is InChI=1S/C11H17ClN2S/c1-3-11(6-4-5-7-11)10-14-13-9(15-10)8(2)12/h8H,3-7H2,1-2H3. The van der Waals surface area contributed by atoms with Crippen molar-refractivity contribution in [1.29, 1.82) is 0 Å². The summed E-state index contributed by atoms with van der Waals surface area (Å²) in [6, 6.07) is 0. The van der Waals surface area contributed by atoms with Gasteiger partial charge in [0.25, 0.3) is 0 Å². The van der Waals surface area contributed by atoms with Crippen LogP contribution < -0.4 is 0 Å². The van der Waals surface area contributed by atoms with E-state index < -0.39 is 0 Å². The Balaban J connectivity index is 2.27. The molecule has 0 spiro atoms. The number of rotatable bonds is 3. The monoisotopic (exact) mass is 244 g/mol. The maximum absolute atomic E-state index is 6.02. The van der Waals surface area contributed by atoms with Crippen molar-refractivity contribution in [2.24, 2.45) is 0 Å². The van der Waals surface area contributed by atoms with E-state index in [0.29, 0.717) is 5.41 Å². The van der Waals surface area contributed by atoms with E-state index in [1.807, 2.05) is 6.92 Å². The van der Waals surface area contributed by atoms with Gasteiger partial charge in [-0.05, 0) is 26.2 Å². The fourth-order valence-corrected chi connectivity index (χ4v) is 3.65. The molecule has 1 atom stereocenters. The van der Waals surface area contributed by atoms with Crippen molar-refractivity contribution >= 4 is 22.9 Å². The van der Waals surface area contributed by atoms with Crippen LogP contribution in [-0.4, -0.2) is 10.2 Å². The summed E-state index contributed by atoms with van der Waals surface area (Å²) in [6.07, 6.45) is 6.39. The molecule has 2 nitrogen and oxygen atoms in total. The van der Waals surface area contributed by atoms with Crippen LogP contribution >= 0.6 is 22.9 Å². The molecule has 15 heavy (non-hydrogen) atoms. The van der Waals surface area contributed by atoms with E-state index in [0.717, 1.165) is 5.01 Å². The van der Waals surface area contributed by atoms with Crippen molar-refractivity contribution in [2.75, 3.05) is 0 Å². The van der Waals surface area contributed by atoms with Crippen LogP contribution in [0.3, 0.4) is 0 Å². The van der Waals surface area contributed by atoms with Crippen molar-refractivity contribution in [3.05, 3.63) is 10.0 Å². The summed E-state index contributed by atoms with van der Waals surface area (Å²) in [5.74, 6) is 0. The van der Waals surface area contributed by atoms with Crippen LogP contribution in [0.2, 0.25) is 0 Å². The molecule has 2 rings (SSSR count). The van der Waals surface area contributed by atoms with Gasteiger partial charge in [-0.15, -0.1) is 21.8 Å². The maximum Gasteiger partial charge on any atom is 0.135 e. The fraction of sp³-hybridized carbons (Fsp3) is 0.818. The highest BCUT2D eigenvalue weighted by molar-refractivity contribution is 7.11. The number of hydrogen-bond acceptors (Lipinski definition) is 3. The van der Waals surface area contributed by atoms with Crippen LogP contribution in [0.1, 0.15) is 61.3 Å². The molecule has 1 aromatic heterocycles. The molecule has 84 valence electrons. The van der Waals surface area contributed by atoms with Gasteiger partial charge in [-0.2, -0.15) is 0 Å². The van der Waals surface area contributed by atoms with Crippen molar-refractivity contribution in [3.8, 4) is 0 Å². The molecular formula is C11H17ClN2S. The van der Waals surface area contributed by atoms with Gasteiger partial charge in [0, 0.05) is 5.41 Å². The van der Waals surface area contributed by atoms with Crippen molar-refractivity contribution in [3.63, 3.8) is 0 Å². The molecule has 1 saturated carbocycles. The zero-order chi connectivity index (χ0) is 10.9. The summed E-state index contributed by atoms with van der Waals surface area (Å²) < 4.78 is 0. The number of alkyl halides is 1. The summed E-state index contributed by atoms with van der Waals surface area (Å²) in [7, 11) is 0. The number of nitrogens with zero attached hydrogens (tertiary/aromatic N) is 2. The van der Waals surface area contributed by atoms with Gasteiger partial charge in [-0.1, -0.05) is 31.1 Å². The van der Waals surface area contributed by atoms with Crippen LogP contribution in [-0.2, 0) is 5.41 Å². The normalized spacial score (nSPS) is 21.8. The van der Waals surface area contributed by atoms with Gasteiger partial charge in [0.1, 0.15) is 10.0 Å². The Bertz CT molecular complexity index is 329. The van der Waals surface area contributed by atoms with Crippen LogP contribution in [0.15, 0.2) is 0 Å². The molecule has 0 aromatic carbocycles. The minimum absolute atomic E-state index is 0.00782. The van der Waals surface area contributed by atoms with E-state index in [9.17, 15) is 0 Å². The minimum Gasteiger partial charge on any atom is -0.143 e. The van der Waals surface area contributed by atoms with E-state index in [-0.39, 0.29) is 5.38 Å². The largest absolute Gasteiger partial charge is 0.143 e. The Morgan fingerprint density at radius 1 is 1.40 bits per heavy atom. The van der Waals surface area contributed by atoms with E-state index >= 15 is 0 Å². The van der Waals surface area contributed by atoms with Gasteiger partial charge in [0.15, 0.2) is 0 Å². The first-order chi connectivity index (χ1) is 7.18. The number of halogens is 1. The molecule has 1 aliphatic carbocycles. The average molecular weight is 245 g/mol. The van der Waals surface area contributed by atoms with E-state index in [1.165, 1.54) is 37.1 Å².